The van der Waals surface area contributed by atoms with Gasteiger partial charge >= 0.3 is 0 Å². The fourth-order valence-electron chi connectivity index (χ4n) is 4.32. The third-order valence-electron chi connectivity index (χ3n) is 6.05. The summed E-state index contributed by atoms with van der Waals surface area (Å²) in [5.74, 6) is -0.904. The summed E-state index contributed by atoms with van der Waals surface area (Å²) in [5.41, 5.74) is 1.30. The maximum absolute atomic E-state index is 13.1. The van der Waals surface area contributed by atoms with Crippen LogP contribution in [0.2, 0.25) is 0 Å². The van der Waals surface area contributed by atoms with Crippen LogP contribution in [0.5, 0.6) is 5.75 Å². The quantitative estimate of drug-likeness (QED) is 0.345. The monoisotopic (exact) mass is 514 g/mol. The molecule has 2 aromatic rings. The summed E-state index contributed by atoms with van der Waals surface area (Å²) < 4.78 is 11.5. The van der Waals surface area contributed by atoms with E-state index in [-0.39, 0.29) is 11.3 Å². The van der Waals surface area contributed by atoms with Gasteiger partial charge in [-0.3, -0.25) is 14.5 Å². The van der Waals surface area contributed by atoms with E-state index in [0.29, 0.717) is 31.1 Å². The van der Waals surface area contributed by atoms with E-state index in [4.69, 9.17) is 9.47 Å². The summed E-state index contributed by atoms with van der Waals surface area (Å²) in [6.07, 6.45) is 0.721. The molecule has 0 bridgehead atoms. The predicted octanol–water partition coefficient (Wildman–Crippen LogP) is 3.60. The van der Waals surface area contributed by atoms with Gasteiger partial charge in [-0.15, -0.1) is 0 Å². The number of rotatable bonds is 7. The largest absolute Gasteiger partial charge is 0.507 e. The first-order chi connectivity index (χ1) is 16.0. The number of benzene rings is 2. The molecule has 2 saturated heterocycles. The lowest BCUT2D eigenvalue weighted by Crippen LogP contribution is -2.38. The van der Waals surface area contributed by atoms with Crippen molar-refractivity contribution in [2.75, 3.05) is 46.5 Å². The standard InChI is InChI=1S/C25H27BrN2O5/c1-32-20-5-2-4-18(16-20)23(29)21-22(17-6-8-19(26)9-7-17)28(25(31)24(21)30)11-3-10-27-12-14-33-15-13-27/h2,4-9,16,22,29H,3,10-15H2,1H3/t22-/m0/s1. The number of Topliss-reactive ketones (excluding diaryl/α,β-unsaturated/α-hetero) is 1. The van der Waals surface area contributed by atoms with E-state index in [2.05, 4.69) is 20.8 Å². The molecule has 2 aliphatic heterocycles. The molecule has 2 heterocycles. The second-order valence-corrected chi connectivity index (χ2v) is 9.00. The summed E-state index contributed by atoms with van der Waals surface area (Å²) in [6, 6.07) is 13.7. The highest BCUT2D eigenvalue weighted by Gasteiger charge is 2.45. The van der Waals surface area contributed by atoms with Crippen LogP contribution in [0.15, 0.2) is 58.6 Å². The van der Waals surface area contributed by atoms with E-state index in [9.17, 15) is 14.7 Å². The molecule has 0 aromatic heterocycles. The maximum atomic E-state index is 13.1. The number of ketones is 1. The van der Waals surface area contributed by atoms with Crippen LogP contribution >= 0.6 is 15.9 Å². The minimum atomic E-state index is -0.672. The molecule has 4 rings (SSSR count). The highest BCUT2D eigenvalue weighted by Crippen LogP contribution is 2.40. The van der Waals surface area contributed by atoms with Crippen LogP contribution < -0.4 is 4.74 Å². The molecular weight excluding hydrogens is 488 g/mol. The Morgan fingerprint density at radius 2 is 1.85 bits per heavy atom. The molecule has 1 atom stereocenters. The molecule has 1 N–H and O–H groups in total. The molecule has 2 fully saturated rings. The van der Waals surface area contributed by atoms with Gasteiger partial charge in [0.15, 0.2) is 0 Å². The van der Waals surface area contributed by atoms with Crippen LogP contribution in [0, 0.1) is 0 Å². The second-order valence-electron chi connectivity index (χ2n) is 8.08. The average molecular weight is 515 g/mol. The number of likely N-dealkylation sites (tertiary alicyclic amines) is 1. The molecule has 33 heavy (non-hydrogen) atoms. The number of aliphatic hydroxyl groups excluding tert-OH is 1. The van der Waals surface area contributed by atoms with Crippen molar-refractivity contribution in [3.8, 4) is 5.75 Å². The Hall–Kier alpha value is -2.68. The van der Waals surface area contributed by atoms with Crippen molar-refractivity contribution in [3.05, 3.63) is 69.7 Å². The molecule has 0 aliphatic carbocycles. The lowest BCUT2D eigenvalue weighted by atomic mass is 9.95. The Kier molecular flexibility index (Phi) is 7.47. The zero-order valence-electron chi connectivity index (χ0n) is 18.5. The SMILES string of the molecule is COc1cccc(C(O)=C2C(=O)C(=O)N(CCCN3CCOCC3)[C@H]2c2ccc(Br)cc2)c1. The zero-order valence-corrected chi connectivity index (χ0v) is 20.1. The highest BCUT2D eigenvalue weighted by molar-refractivity contribution is 9.10. The summed E-state index contributed by atoms with van der Waals surface area (Å²) in [7, 11) is 1.54. The summed E-state index contributed by atoms with van der Waals surface area (Å²) in [5, 5.41) is 11.2. The Bertz CT molecular complexity index is 1050. The number of hydrogen-bond acceptors (Lipinski definition) is 6. The number of ether oxygens (including phenoxy) is 2. The van der Waals surface area contributed by atoms with Gasteiger partial charge in [-0.05, 0) is 36.2 Å². The van der Waals surface area contributed by atoms with Gasteiger partial charge in [0.1, 0.15) is 11.5 Å². The molecule has 1 amide bonds. The van der Waals surface area contributed by atoms with E-state index in [1.807, 2.05) is 24.3 Å². The number of amides is 1. The van der Waals surface area contributed by atoms with Gasteiger partial charge in [0.05, 0.1) is 31.9 Å². The fourth-order valence-corrected chi connectivity index (χ4v) is 4.58. The first-order valence-corrected chi connectivity index (χ1v) is 11.8. The van der Waals surface area contributed by atoms with E-state index in [1.165, 1.54) is 7.11 Å². The van der Waals surface area contributed by atoms with Crippen molar-refractivity contribution in [1.29, 1.82) is 0 Å². The molecule has 2 aromatic carbocycles. The van der Waals surface area contributed by atoms with Crippen LogP contribution in [-0.4, -0.2) is 73.1 Å². The minimum absolute atomic E-state index is 0.0990. The molecule has 174 valence electrons. The van der Waals surface area contributed by atoms with Crippen LogP contribution in [0.1, 0.15) is 23.6 Å². The zero-order chi connectivity index (χ0) is 23.4. The average Bonchev–Trinajstić information content (AvgIpc) is 3.10. The van der Waals surface area contributed by atoms with Gasteiger partial charge in [0, 0.05) is 36.2 Å². The van der Waals surface area contributed by atoms with Gasteiger partial charge in [-0.25, -0.2) is 0 Å². The number of nitrogens with zero attached hydrogens (tertiary/aromatic N) is 2. The highest BCUT2D eigenvalue weighted by atomic mass is 79.9. The first kappa shape index (κ1) is 23.5. The molecule has 0 saturated carbocycles. The van der Waals surface area contributed by atoms with Crippen LogP contribution in [0.3, 0.4) is 0 Å². The molecular formula is C25H27BrN2O5. The van der Waals surface area contributed by atoms with Gasteiger partial charge in [0.25, 0.3) is 11.7 Å². The van der Waals surface area contributed by atoms with E-state index < -0.39 is 17.7 Å². The van der Waals surface area contributed by atoms with Crippen molar-refractivity contribution in [2.24, 2.45) is 0 Å². The fraction of sp³-hybridized carbons (Fsp3) is 0.360. The maximum Gasteiger partial charge on any atom is 0.295 e. The third kappa shape index (κ3) is 5.13. The Labute approximate surface area is 201 Å². The smallest absolute Gasteiger partial charge is 0.295 e. The van der Waals surface area contributed by atoms with E-state index in [1.54, 1.807) is 29.2 Å². The molecule has 0 spiro atoms. The van der Waals surface area contributed by atoms with Crippen LogP contribution in [0.25, 0.3) is 5.76 Å². The van der Waals surface area contributed by atoms with Gasteiger partial charge in [0.2, 0.25) is 0 Å². The van der Waals surface area contributed by atoms with Crippen molar-refractivity contribution >= 4 is 33.4 Å². The van der Waals surface area contributed by atoms with Gasteiger partial charge < -0.3 is 19.5 Å². The van der Waals surface area contributed by atoms with Crippen molar-refractivity contribution in [2.45, 2.75) is 12.5 Å². The minimum Gasteiger partial charge on any atom is -0.507 e. The molecule has 2 aliphatic rings. The van der Waals surface area contributed by atoms with E-state index >= 15 is 0 Å². The lowest BCUT2D eigenvalue weighted by molar-refractivity contribution is -0.140. The van der Waals surface area contributed by atoms with Gasteiger partial charge in [-0.1, -0.05) is 40.2 Å². The third-order valence-corrected chi connectivity index (χ3v) is 6.57. The van der Waals surface area contributed by atoms with Crippen molar-refractivity contribution < 1.29 is 24.2 Å². The van der Waals surface area contributed by atoms with Crippen molar-refractivity contribution in [1.82, 2.24) is 9.80 Å². The number of carbonyl (C=O) groups is 2. The predicted molar refractivity (Wildman–Crippen MR) is 128 cm³/mol. The summed E-state index contributed by atoms with van der Waals surface area (Å²) in [4.78, 5) is 30.1. The molecule has 0 radical (unpaired) electrons. The summed E-state index contributed by atoms with van der Waals surface area (Å²) >= 11 is 3.44. The first-order valence-electron chi connectivity index (χ1n) is 11.0. The summed E-state index contributed by atoms with van der Waals surface area (Å²) in [6.45, 7) is 4.39. The molecule has 7 nitrogen and oxygen atoms in total. The Balaban J connectivity index is 1.67. The van der Waals surface area contributed by atoms with Crippen LogP contribution in [0.4, 0.5) is 0 Å². The number of methoxy groups -OCH3 is 1. The number of carbonyl (C=O) groups excluding carboxylic acids is 2. The van der Waals surface area contributed by atoms with E-state index in [0.717, 1.165) is 36.1 Å². The normalized spacial score (nSPS) is 20.9. The number of aliphatic hydroxyl groups is 1. The Morgan fingerprint density at radius 1 is 1.12 bits per heavy atom. The van der Waals surface area contributed by atoms with Crippen LogP contribution in [-0.2, 0) is 14.3 Å². The molecule has 8 heteroatoms. The molecule has 0 unspecified atom stereocenters. The Morgan fingerprint density at radius 3 is 2.55 bits per heavy atom. The number of hydrogen-bond donors (Lipinski definition) is 1. The topological polar surface area (TPSA) is 79.3 Å². The number of halogens is 1. The number of morpholine rings is 1. The second kappa shape index (κ2) is 10.5. The van der Waals surface area contributed by atoms with Crippen molar-refractivity contribution in [3.63, 3.8) is 0 Å². The lowest BCUT2D eigenvalue weighted by Gasteiger charge is -2.29. The van der Waals surface area contributed by atoms with Gasteiger partial charge in [-0.2, -0.15) is 0 Å².